The third-order valence-corrected chi connectivity index (χ3v) is 2.60. The number of likely N-dealkylation sites (N-methyl/N-ethyl adjacent to an activating group) is 1. The van der Waals surface area contributed by atoms with Crippen LogP contribution in [0, 0.1) is 0 Å². The Morgan fingerprint density at radius 1 is 1.67 bits per heavy atom. The van der Waals surface area contributed by atoms with Gasteiger partial charge in [-0.2, -0.15) is 0 Å². The van der Waals surface area contributed by atoms with Crippen molar-refractivity contribution in [1.29, 1.82) is 0 Å². The molecular weight excluding hydrogens is 266 g/mol. The number of urea groups is 1. The van der Waals surface area contributed by atoms with E-state index in [4.69, 9.17) is 0 Å². The highest BCUT2D eigenvalue weighted by Crippen LogP contribution is 2.08. The van der Waals surface area contributed by atoms with E-state index >= 15 is 0 Å². The highest BCUT2D eigenvalue weighted by Gasteiger charge is 2.31. The van der Waals surface area contributed by atoms with E-state index in [9.17, 15) is 14.4 Å². The highest BCUT2D eigenvalue weighted by atomic mass is 79.9. The van der Waals surface area contributed by atoms with Crippen LogP contribution in [0.3, 0.4) is 0 Å². The lowest BCUT2D eigenvalue weighted by Crippen LogP contribution is -2.57. The maximum atomic E-state index is 11.3. The van der Waals surface area contributed by atoms with E-state index in [2.05, 4.69) is 26.6 Å². The number of nitrogens with zero attached hydrogens (tertiary/aromatic N) is 1. The van der Waals surface area contributed by atoms with Crippen LogP contribution in [-0.2, 0) is 9.59 Å². The van der Waals surface area contributed by atoms with Crippen molar-refractivity contribution in [1.82, 2.24) is 15.5 Å². The summed E-state index contributed by atoms with van der Waals surface area (Å²) in [5.41, 5.74) is 0. The maximum Gasteiger partial charge on any atom is 0.324 e. The maximum absolute atomic E-state index is 11.3. The van der Waals surface area contributed by atoms with Gasteiger partial charge in [0.1, 0.15) is 11.4 Å². The van der Waals surface area contributed by atoms with E-state index in [0.717, 1.165) is 0 Å². The van der Waals surface area contributed by atoms with Gasteiger partial charge in [0.25, 0.3) is 0 Å². The third-order valence-electron chi connectivity index (χ3n) is 1.89. The van der Waals surface area contributed by atoms with Gasteiger partial charge in [0.15, 0.2) is 0 Å². The van der Waals surface area contributed by atoms with Gasteiger partial charge >= 0.3 is 6.03 Å². The summed E-state index contributed by atoms with van der Waals surface area (Å²) < 4.78 is 0. The van der Waals surface area contributed by atoms with Gasteiger partial charge < -0.3 is 10.2 Å². The van der Waals surface area contributed by atoms with Crippen LogP contribution < -0.4 is 10.6 Å². The Bertz CT molecular complexity index is 295. The van der Waals surface area contributed by atoms with Crippen LogP contribution in [0.2, 0.25) is 0 Å². The molecule has 0 aliphatic carbocycles. The predicted octanol–water partition coefficient (Wildman–Crippen LogP) is -0.562. The summed E-state index contributed by atoms with van der Waals surface area (Å²) in [6.07, 6.45) is 0. The van der Waals surface area contributed by atoms with Crippen LogP contribution in [-0.4, -0.2) is 47.2 Å². The number of carbonyl (C=O) groups excluding carboxylic acids is 3. The van der Waals surface area contributed by atoms with Crippen LogP contribution in [0.5, 0.6) is 0 Å². The molecule has 0 bridgehead atoms. The summed E-state index contributed by atoms with van der Waals surface area (Å²) in [5, 5.41) is 4.73. The smallest absolute Gasteiger partial charge is 0.324 e. The van der Waals surface area contributed by atoms with Crippen molar-refractivity contribution in [3.8, 4) is 0 Å². The number of carbonyl (C=O) groups is 3. The molecule has 1 aliphatic rings. The molecule has 0 saturated carbocycles. The molecule has 2 N–H and O–H groups in total. The summed E-state index contributed by atoms with van der Waals surface area (Å²) in [6.45, 7) is 2.49. The fraction of sp³-hybridized carbons (Fsp3) is 0.625. The molecule has 1 saturated heterocycles. The number of rotatable bonds is 3. The molecule has 0 aromatic carbocycles. The SMILES string of the molecule is CCNC(=O)CN1CC(Br)C(=O)NC1=O. The lowest BCUT2D eigenvalue weighted by Gasteiger charge is -2.28. The Kier molecular flexibility index (Phi) is 4.07. The molecule has 84 valence electrons. The van der Waals surface area contributed by atoms with E-state index in [1.807, 2.05) is 0 Å². The Balaban J connectivity index is 2.51. The number of hydrogen-bond donors (Lipinski definition) is 2. The summed E-state index contributed by atoms with van der Waals surface area (Å²) in [5.74, 6) is -0.603. The molecule has 7 heteroatoms. The van der Waals surface area contributed by atoms with Gasteiger partial charge in [-0.15, -0.1) is 0 Å². The first-order chi connectivity index (χ1) is 7.04. The van der Waals surface area contributed by atoms with Crippen LogP contribution in [0.4, 0.5) is 4.79 Å². The zero-order valence-corrected chi connectivity index (χ0v) is 9.83. The van der Waals surface area contributed by atoms with Crippen molar-refractivity contribution < 1.29 is 14.4 Å². The van der Waals surface area contributed by atoms with Gasteiger partial charge in [0.05, 0.1) is 0 Å². The summed E-state index contributed by atoms with van der Waals surface area (Å²) in [7, 11) is 0. The number of nitrogens with one attached hydrogen (secondary N) is 2. The van der Waals surface area contributed by atoms with E-state index in [1.165, 1.54) is 4.90 Å². The number of hydrogen-bond acceptors (Lipinski definition) is 3. The van der Waals surface area contributed by atoms with Gasteiger partial charge in [0, 0.05) is 13.1 Å². The molecular formula is C8H12BrN3O3. The van der Waals surface area contributed by atoms with E-state index in [-0.39, 0.29) is 24.9 Å². The highest BCUT2D eigenvalue weighted by molar-refractivity contribution is 9.10. The zero-order chi connectivity index (χ0) is 11.4. The molecule has 4 amide bonds. The van der Waals surface area contributed by atoms with Crippen LogP contribution in [0.25, 0.3) is 0 Å². The molecule has 0 aromatic rings. The molecule has 1 unspecified atom stereocenters. The first-order valence-corrected chi connectivity index (χ1v) is 5.46. The van der Waals surface area contributed by atoms with Gasteiger partial charge in [0.2, 0.25) is 11.8 Å². The standard InChI is InChI=1S/C8H12BrN3O3/c1-2-10-6(13)4-12-3-5(9)7(14)11-8(12)15/h5H,2-4H2,1H3,(H,10,13)(H,11,14,15). The fourth-order valence-corrected chi connectivity index (χ4v) is 1.65. The number of amides is 4. The number of halogens is 1. The molecule has 1 aliphatic heterocycles. The van der Waals surface area contributed by atoms with Crippen LogP contribution in [0.15, 0.2) is 0 Å². The van der Waals surface area contributed by atoms with Crippen molar-refractivity contribution in [2.75, 3.05) is 19.6 Å². The molecule has 1 atom stereocenters. The average molecular weight is 278 g/mol. The van der Waals surface area contributed by atoms with Crippen molar-refractivity contribution >= 4 is 33.8 Å². The van der Waals surface area contributed by atoms with Crippen molar-refractivity contribution in [2.45, 2.75) is 11.8 Å². The topological polar surface area (TPSA) is 78.5 Å². The second-order valence-electron chi connectivity index (χ2n) is 3.10. The number of alkyl halides is 1. The lowest BCUT2D eigenvalue weighted by atomic mass is 10.3. The largest absolute Gasteiger partial charge is 0.355 e. The molecule has 15 heavy (non-hydrogen) atoms. The third kappa shape index (κ3) is 3.19. The first kappa shape index (κ1) is 12.0. The zero-order valence-electron chi connectivity index (χ0n) is 8.25. The molecule has 0 radical (unpaired) electrons. The van der Waals surface area contributed by atoms with Crippen molar-refractivity contribution in [2.24, 2.45) is 0 Å². The normalized spacial score (nSPS) is 21.2. The monoisotopic (exact) mass is 277 g/mol. The average Bonchev–Trinajstić information content (AvgIpc) is 2.14. The van der Waals surface area contributed by atoms with E-state index in [1.54, 1.807) is 6.92 Å². The van der Waals surface area contributed by atoms with Crippen molar-refractivity contribution in [3.63, 3.8) is 0 Å². The van der Waals surface area contributed by atoms with Gasteiger partial charge in [-0.3, -0.25) is 14.9 Å². The molecule has 1 fully saturated rings. The Labute approximate surface area is 95.5 Å². The van der Waals surface area contributed by atoms with Gasteiger partial charge in [-0.25, -0.2) is 4.79 Å². The summed E-state index contributed by atoms with van der Waals surface area (Å²) in [4.78, 5) is 34.4. The van der Waals surface area contributed by atoms with E-state index < -0.39 is 10.9 Å². The van der Waals surface area contributed by atoms with Gasteiger partial charge in [-0.05, 0) is 6.92 Å². The second kappa shape index (κ2) is 5.11. The van der Waals surface area contributed by atoms with Crippen LogP contribution >= 0.6 is 15.9 Å². The molecule has 6 nitrogen and oxygen atoms in total. The predicted molar refractivity (Wildman–Crippen MR) is 56.5 cm³/mol. The Hall–Kier alpha value is -1.11. The molecule has 1 rings (SSSR count). The Morgan fingerprint density at radius 2 is 2.33 bits per heavy atom. The van der Waals surface area contributed by atoms with Crippen LogP contribution in [0.1, 0.15) is 6.92 Å². The molecule has 1 heterocycles. The summed E-state index contributed by atoms with van der Waals surface area (Å²) in [6, 6.07) is -0.526. The molecule has 0 aromatic heterocycles. The molecule has 0 spiro atoms. The Morgan fingerprint density at radius 3 is 2.93 bits per heavy atom. The minimum absolute atomic E-state index is 0.0327. The first-order valence-electron chi connectivity index (χ1n) is 4.55. The van der Waals surface area contributed by atoms with Crippen molar-refractivity contribution in [3.05, 3.63) is 0 Å². The van der Waals surface area contributed by atoms with E-state index in [0.29, 0.717) is 6.54 Å². The second-order valence-corrected chi connectivity index (χ2v) is 4.20. The summed E-state index contributed by atoms with van der Waals surface area (Å²) >= 11 is 3.11. The minimum Gasteiger partial charge on any atom is -0.355 e. The lowest BCUT2D eigenvalue weighted by molar-refractivity contribution is -0.124. The minimum atomic E-state index is -0.526. The number of imide groups is 1. The quantitative estimate of drug-likeness (QED) is 0.679. The fourth-order valence-electron chi connectivity index (χ4n) is 1.18. The van der Waals surface area contributed by atoms with Gasteiger partial charge in [-0.1, -0.05) is 15.9 Å².